The Morgan fingerprint density at radius 1 is 0.500 bits per heavy atom. The van der Waals surface area contributed by atoms with Gasteiger partial charge in [0.15, 0.2) is 24.0 Å². The highest BCUT2D eigenvalue weighted by molar-refractivity contribution is 5.71. The Kier molecular flexibility index (Phi) is 16.8. The Balaban J connectivity index is 0. The van der Waals surface area contributed by atoms with Crippen molar-refractivity contribution in [1.82, 2.24) is 9.97 Å². The van der Waals surface area contributed by atoms with Crippen molar-refractivity contribution < 1.29 is 8.83 Å². The lowest BCUT2D eigenvalue weighted by Crippen LogP contribution is -1.93. The molecule has 0 N–H and O–H groups in total. The summed E-state index contributed by atoms with van der Waals surface area (Å²) < 4.78 is 10.0. The fourth-order valence-electron chi connectivity index (χ4n) is 1.61. The zero-order valence-electron chi connectivity index (χ0n) is 22.5. The van der Waals surface area contributed by atoms with Gasteiger partial charge in [-0.3, -0.25) is 0 Å². The zero-order valence-corrected chi connectivity index (χ0v) is 22.5. The van der Waals surface area contributed by atoms with E-state index in [1.54, 1.807) is 0 Å². The molecule has 32 heavy (non-hydrogen) atoms. The lowest BCUT2D eigenvalue weighted by atomic mass is 10.0. The van der Waals surface area contributed by atoms with Gasteiger partial charge in [-0.1, -0.05) is 107 Å². The normalized spacial score (nSPS) is 9.88. The molecule has 0 atom stereocenters. The second kappa shape index (κ2) is 17.0. The number of rotatable bonds is 0. The minimum Gasteiger partial charge on any atom is -0.443 e. The first-order valence-corrected chi connectivity index (χ1v) is 11.5. The van der Waals surface area contributed by atoms with E-state index in [-0.39, 0.29) is 0 Å². The fourth-order valence-corrected chi connectivity index (χ4v) is 1.61. The molecule has 0 unspecified atom stereocenters. The van der Waals surface area contributed by atoms with Gasteiger partial charge in [0.25, 0.3) is 0 Å². The molecule has 4 rings (SSSR count). The van der Waals surface area contributed by atoms with Crippen molar-refractivity contribution in [3.8, 4) is 0 Å². The summed E-state index contributed by atoms with van der Waals surface area (Å²) in [5.74, 6) is 0. The molecule has 2 aromatic carbocycles. The number of benzene rings is 2. The molecular weight excluding hydrogens is 396 g/mol. The van der Waals surface area contributed by atoms with Crippen LogP contribution < -0.4 is 0 Å². The van der Waals surface area contributed by atoms with E-state index < -0.39 is 0 Å². The van der Waals surface area contributed by atoms with Gasteiger partial charge in [0.2, 0.25) is 0 Å². The quantitative estimate of drug-likeness (QED) is 0.272. The van der Waals surface area contributed by atoms with E-state index in [0.717, 1.165) is 22.2 Å². The fraction of sp³-hybridized carbons (Fsp3) is 0.500. The highest BCUT2D eigenvalue weighted by atomic mass is 16.3. The molecule has 0 fully saturated rings. The summed E-state index contributed by atoms with van der Waals surface area (Å²) in [5, 5.41) is 0. The number of hydrogen-bond acceptors (Lipinski definition) is 4. The van der Waals surface area contributed by atoms with E-state index in [4.69, 9.17) is 8.83 Å². The van der Waals surface area contributed by atoms with Crippen molar-refractivity contribution >= 4 is 22.2 Å². The number of aromatic nitrogens is 2. The number of fused-ring (bicyclic) bond motifs is 2. The first-order valence-electron chi connectivity index (χ1n) is 11.5. The van der Waals surface area contributed by atoms with Crippen LogP contribution in [0.5, 0.6) is 0 Å². The van der Waals surface area contributed by atoms with E-state index in [9.17, 15) is 0 Å². The van der Waals surface area contributed by atoms with Crippen LogP contribution in [0, 0.1) is 10.8 Å². The van der Waals surface area contributed by atoms with Crippen LogP contribution in [0.3, 0.4) is 0 Å². The number of nitrogens with zero attached hydrogens (tertiary/aromatic N) is 2. The van der Waals surface area contributed by atoms with Gasteiger partial charge >= 0.3 is 0 Å². The summed E-state index contributed by atoms with van der Waals surface area (Å²) in [6, 6.07) is 15.3. The van der Waals surface area contributed by atoms with Crippen LogP contribution in [0.1, 0.15) is 83.1 Å². The maximum absolute atomic E-state index is 5.01. The highest BCUT2D eigenvalue weighted by Crippen LogP contribution is 2.10. The predicted octanol–water partition coefficient (Wildman–Crippen LogP) is 9.81. The van der Waals surface area contributed by atoms with Crippen molar-refractivity contribution in [3.05, 3.63) is 61.3 Å². The summed E-state index contributed by atoms with van der Waals surface area (Å²) in [7, 11) is 0. The summed E-state index contributed by atoms with van der Waals surface area (Å²) in [6.45, 7) is 25.5. The molecule has 0 aliphatic carbocycles. The molecule has 0 saturated heterocycles. The molecule has 180 valence electrons. The summed E-state index contributed by atoms with van der Waals surface area (Å²) in [6.07, 6.45) is 2.90. The van der Waals surface area contributed by atoms with Crippen LogP contribution >= 0.6 is 0 Å². The lowest BCUT2D eigenvalue weighted by molar-refractivity contribution is 0.469. The van der Waals surface area contributed by atoms with Crippen LogP contribution in [0.25, 0.3) is 22.2 Å². The molecule has 0 saturated carbocycles. The standard InChI is InChI=1S/2C7H5NO.2C5H12.2C2H6/c2*1-2-4-7-6(3-1)8-5-9-7;2*1-5(2,3)4;2*1-2/h2*1-5H;2*1-4H3;2*1-2H3. The van der Waals surface area contributed by atoms with Crippen molar-refractivity contribution in [1.29, 1.82) is 0 Å². The Morgan fingerprint density at radius 3 is 1.00 bits per heavy atom. The molecule has 0 bridgehead atoms. The zero-order chi connectivity index (χ0) is 25.2. The number of oxazole rings is 2. The predicted molar refractivity (Wildman–Crippen MR) is 141 cm³/mol. The molecule has 0 aliphatic rings. The van der Waals surface area contributed by atoms with Crippen LogP contribution in [0.15, 0.2) is 70.2 Å². The van der Waals surface area contributed by atoms with Gasteiger partial charge in [-0.25, -0.2) is 9.97 Å². The van der Waals surface area contributed by atoms with Gasteiger partial charge < -0.3 is 8.83 Å². The largest absolute Gasteiger partial charge is 0.443 e. The third-order valence-corrected chi connectivity index (χ3v) is 2.47. The molecule has 0 aliphatic heterocycles. The van der Waals surface area contributed by atoms with Crippen LogP contribution in [-0.2, 0) is 0 Å². The van der Waals surface area contributed by atoms with Gasteiger partial charge in [-0.15, -0.1) is 0 Å². The van der Waals surface area contributed by atoms with Gasteiger partial charge in [0, 0.05) is 0 Å². The number of para-hydroxylation sites is 4. The topological polar surface area (TPSA) is 52.1 Å². The Bertz CT molecular complexity index is 775. The Hall–Kier alpha value is -2.62. The molecular formula is C28H46N2O2. The SMILES string of the molecule is CC.CC.CC(C)(C)C.CC(C)(C)C.c1ccc2ocnc2c1.c1ccc2ocnc2c1. The first kappa shape index (κ1) is 31.6. The van der Waals surface area contributed by atoms with E-state index >= 15 is 0 Å². The molecule has 4 nitrogen and oxygen atoms in total. The highest BCUT2D eigenvalue weighted by Gasteiger charge is 1.96. The number of hydrogen-bond donors (Lipinski definition) is 0. The second-order valence-corrected chi connectivity index (χ2v) is 9.64. The Morgan fingerprint density at radius 2 is 0.750 bits per heavy atom. The average molecular weight is 443 g/mol. The monoisotopic (exact) mass is 442 g/mol. The summed E-state index contributed by atoms with van der Waals surface area (Å²) in [5.41, 5.74) is 4.52. The van der Waals surface area contributed by atoms with Gasteiger partial charge in [0.05, 0.1) is 0 Å². The van der Waals surface area contributed by atoms with E-state index in [0.29, 0.717) is 10.8 Å². The van der Waals surface area contributed by atoms with Gasteiger partial charge in [0.1, 0.15) is 11.0 Å². The summed E-state index contributed by atoms with van der Waals surface area (Å²) >= 11 is 0. The second-order valence-electron chi connectivity index (χ2n) is 9.64. The van der Waals surface area contributed by atoms with E-state index in [1.807, 2.05) is 76.2 Å². The molecule has 4 heteroatoms. The van der Waals surface area contributed by atoms with Crippen LogP contribution in [0.4, 0.5) is 0 Å². The average Bonchev–Trinajstić information content (AvgIpc) is 3.38. The molecule has 4 aromatic rings. The lowest BCUT2D eigenvalue weighted by Gasteiger charge is -2.05. The molecule has 2 heterocycles. The van der Waals surface area contributed by atoms with Crippen LogP contribution in [0.2, 0.25) is 0 Å². The third-order valence-electron chi connectivity index (χ3n) is 2.47. The van der Waals surface area contributed by atoms with Gasteiger partial charge in [-0.05, 0) is 35.1 Å². The minimum absolute atomic E-state index is 0.500. The van der Waals surface area contributed by atoms with Crippen molar-refractivity contribution in [3.63, 3.8) is 0 Å². The van der Waals surface area contributed by atoms with Gasteiger partial charge in [-0.2, -0.15) is 0 Å². The molecule has 0 radical (unpaired) electrons. The minimum atomic E-state index is 0.500. The van der Waals surface area contributed by atoms with E-state index in [1.165, 1.54) is 12.8 Å². The maximum atomic E-state index is 5.01. The summed E-state index contributed by atoms with van der Waals surface area (Å²) in [4.78, 5) is 7.90. The van der Waals surface area contributed by atoms with Crippen molar-refractivity contribution in [2.45, 2.75) is 83.1 Å². The molecule has 2 aromatic heterocycles. The van der Waals surface area contributed by atoms with Crippen molar-refractivity contribution in [2.75, 3.05) is 0 Å². The van der Waals surface area contributed by atoms with E-state index in [2.05, 4.69) is 65.4 Å². The first-order chi connectivity index (χ1) is 14.9. The Labute approximate surface area is 196 Å². The molecule has 0 spiro atoms. The third kappa shape index (κ3) is 19.3. The van der Waals surface area contributed by atoms with Crippen molar-refractivity contribution in [2.24, 2.45) is 10.8 Å². The molecule has 0 amide bonds. The van der Waals surface area contributed by atoms with Crippen LogP contribution in [-0.4, -0.2) is 9.97 Å². The smallest absolute Gasteiger partial charge is 0.181 e. The maximum Gasteiger partial charge on any atom is 0.181 e.